The van der Waals surface area contributed by atoms with Crippen LogP contribution in [-0.2, 0) is 42.9 Å². The maximum atomic E-state index is 13.1. The van der Waals surface area contributed by atoms with Crippen LogP contribution in [0.25, 0.3) is 0 Å². The van der Waals surface area contributed by atoms with Gasteiger partial charge in [0.25, 0.3) is 0 Å². The molecule has 12 heteroatoms. The number of carbonyl (C=O) groups is 4. The predicted molar refractivity (Wildman–Crippen MR) is 322 cm³/mol. The van der Waals surface area contributed by atoms with Crippen molar-refractivity contribution >= 4 is 23.9 Å². The lowest BCUT2D eigenvalue weighted by molar-refractivity contribution is -0.301. The summed E-state index contributed by atoms with van der Waals surface area (Å²) in [6, 6.07) is 0. The van der Waals surface area contributed by atoms with E-state index in [-0.39, 0.29) is 25.9 Å². The summed E-state index contributed by atoms with van der Waals surface area (Å²) in [4.78, 5) is 51.3. The molecule has 1 heterocycles. The molecular formula is C67H122O12. The molecule has 0 amide bonds. The lowest BCUT2D eigenvalue weighted by Gasteiger charge is -2.40. The van der Waals surface area contributed by atoms with Crippen molar-refractivity contribution in [2.45, 2.75) is 366 Å². The normalized spacial score (nSPS) is 17.9. The molecule has 0 saturated carbocycles. The zero-order valence-corrected chi connectivity index (χ0v) is 51.1. The van der Waals surface area contributed by atoms with Gasteiger partial charge in [-0.05, 0) is 51.4 Å². The lowest BCUT2D eigenvalue weighted by Crippen LogP contribution is -2.61. The number of aliphatic hydroxyl groups is 2. The topological polar surface area (TPSA) is 175 Å². The van der Waals surface area contributed by atoms with E-state index in [9.17, 15) is 34.5 Å². The Morgan fingerprint density at radius 1 is 0.418 bits per heavy atom. The van der Waals surface area contributed by atoms with E-state index in [1.54, 1.807) is 0 Å². The minimum Gasteiger partial charge on any atom is -0.479 e. The van der Waals surface area contributed by atoms with Crippen LogP contribution < -0.4 is 0 Å². The number of carboxylic acid groups (broad SMARTS) is 1. The first-order valence-corrected chi connectivity index (χ1v) is 33.3. The third-order valence-corrected chi connectivity index (χ3v) is 15.5. The minimum absolute atomic E-state index is 0.0682. The van der Waals surface area contributed by atoms with E-state index in [2.05, 4.69) is 45.1 Å². The number of unbranched alkanes of at least 4 members (excludes halogenated alkanes) is 40. The van der Waals surface area contributed by atoms with Gasteiger partial charge in [-0.3, -0.25) is 14.4 Å². The molecule has 79 heavy (non-hydrogen) atoms. The van der Waals surface area contributed by atoms with E-state index in [0.717, 1.165) is 70.6 Å². The minimum atomic E-state index is -1.90. The van der Waals surface area contributed by atoms with Crippen LogP contribution in [0, 0.1) is 0 Å². The number of carboxylic acids is 1. The molecule has 0 aliphatic carbocycles. The van der Waals surface area contributed by atoms with Gasteiger partial charge >= 0.3 is 23.9 Å². The first kappa shape index (κ1) is 74.2. The molecular weight excluding hydrogens is 997 g/mol. The van der Waals surface area contributed by atoms with Crippen LogP contribution in [-0.4, -0.2) is 89.2 Å². The number of hydrogen-bond acceptors (Lipinski definition) is 11. The molecule has 1 aliphatic heterocycles. The Labute approximate surface area is 483 Å². The SMILES string of the molecule is CCCCC/C=C\C/C=C\CCCCCCCCCCCC(=O)OCC(COC1OC(C(=O)O)C(O)C(O)C1OC(=O)CCCCCCCCCCCCCCCCCCCCC)OC(=O)CCCCCCCCCCCCC. The number of carbonyl (C=O) groups excluding carboxylic acids is 3. The number of aliphatic hydroxyl groups excluding tert-OH is 2. The van der Waals surface area contributed by atoms with Gasteiger partial charge < -0.3 is 39.0 Å². The van der Waals surface area contributed by atoms with Crippen molar-refractivity contribution in [1.29, 1.82) is 0 Å². The summed E-state index contributed by atoms with van der Waals surface area (Å²) < 4.78 is 28.5. The van der Waals surface area contributed by atoms with Gasteiger partial charge in [-0.2, -0.15) is 0 Å². The molecule has 0 bridgehead atoms. The molecule has 0 aromatic carbocycles. The Hall–Kier alpha value is -2.80. The molecule has 0 radical (unpaired) electrons. The van der Waals surface area contributed by atoms with Gasteiger partial charge in [0.05, 0.1) is 6.61 Å². The van der Waals surface area contributed by atoms with E-state index in [1.807, 2.05) is 0 Å². The summed E-state index contributed by atoms with van der Waals surface area (Å²) >= 11 is 0. The number of allylic oxidation sites excluding steroid dienone is 4. The second kappa shape index (κ2) is 55.7. The molecule has 3 N–H and O–H groups in total. The van der Waals surface area contributed by atoms with Crippen molar-refractivity contribution in [2.75, 3.05) is 13.2 Å². The quantitative estimate of drug-likeness (QED) is 0.0228. The maximum absolute atomic E-state index is 13.1. The van der Waals surface area contributed by atoms with Crippen molar-refractivity contribution < 1.29 is 58.2 Å². The average Bonchev–Trinajstić information content (AvgIpc) is 3.48. The zero-order chi connectivity index (χ0) is 57.5. The second-order valence-electron chi connectivity index (χ2n) is 23.1. The van der Waals surface area contributed by atoms with Crippen LogP contribution in [0.15, 0.2) is 24.3 Å². The molecule has 6 unspecified atom stereocenters. The molecule has 1 fully saturated rings. The Morgan fingerprint density at radius 3 is 1.16 bits per heavy atom. The third kappa shape index (κ3) is 45.4. The monoisotopic (exact) mass is 1120 g/mol. The molecule has 462 valence electrons. The van der Waals surface area contributed by atoms with Gasteiger partial charge in [0.1, 0.15) is 18.8 Å². The summed E-state index contributed by atoms with van der Waals surface area (Å²) in [5.74, 6) is -3.08. The van der Waals surface area contributed by atoms with Crippen LogP contribution in [0.5, 0.6) is 0 Å². The van der Waals surface area contributed by atoms with Crippen LogP contribution in [0.3, 0.4) is 0 Å². The highest BCUT2D eigenvalue weighted by molar-refractivity contribution is 5.74. The maximum Gasteiger partial charge on any atom is 0.335 e. The fourth-order valence-corrected chi connectivity index (χ4v) is 10.4. The number of esters is 3. The highest BCUT2D eigenvalue weighted by atomic mass is 16.7. The summed E-state index contributed by atoms with van der Waals surface area (Å²) in [7, 11) is 0. The average molecular weight is 1120 g/mol. The molecule has 1 saturated heterocycles. The van der Waals surface area contributed by atoms with Gasteiger partial charge in [-0.15, -0.1) is 0 Å². The molecule has 1 aliphatic rings. The molecule has 6 atom stereocenters. The van der Waals surface area contributed by atoms with Crippen molar-refractivity contribution in [3.63, 3.8) is 0 Å². The zero-order valence-electron chi connectivity index (χ0n) is 51.1. The van der Waals surface area contributed by atoms with Gasteiger partial charge in [0.2, 0.25) is 0 Å². The van der Waals surface area contributed by atoms with E-state index in [0.29, 0.717) is 19.3 Å². The highest BCUT2D eigenvalue weighted by Gasteiger charge is 2.50. The summed E-state index contributed by atoms with van der Waals surface area (Å²) in [6.07, 6.45) is 52.8. The molecule has 12 nitrogen and oxygen atoms in total. The molecule has 1 rings (SSSR count). The number of hydrogen-bond donors (Lipinski definition) is 3. The van der Waals surface area contributed by atoms with Gasteiger partial charge in [-0.1, -0.05) is 283 Å². The smallest absolute Gasteiger partial charge is 0.335 e. The first-order chi connectivity index (χ1) is 38.6. The van der Waals surface area contributed by atoms with Gasteiger partial charge in [0.15, 0.2) is 24.6 Å². The number of ether oxygens (including phenoxy) is 5. The fourth-order valence-electron chi connectivity index (χ4n) is 10.4. The Balaban J connectivity index is 2.58. The van der Waals surface area contributed by atoms with Crippen LogP contribution in [0.4, 0.5) is 0 Å². The Kier molecular flexibility index (Phi) is 52.3. The molecule has 0 aromatic heterocycles. The van der Waals surface area contributed by atoms with Crippen molar-refractivity contribution in [3.8, 4) is 0 Å². The predicted octanol–water partition coefficient (Wildman–Crippen LogP) is 17.8. The lowest BCUT2D eigenvalue weighted by atomic mass is 9.98. The molecule has 0 aromatic rings. The van der Waals surface area contributed by atoms with Crippen LogP contribution >= 0.6 is 0 Å². The van der Waals surface area contributed by atoms with Crippen LogP contribution in [0.2, 0.25) is 0 Å². The van der Waals surface area contributed by atoms with E-state index < -0.39 is 67.3 Å². The largest absolute Gasteiger partial charge is 0.479 e. The number of aliphatic carboxylic acids is 1. The first-order valence-electron chi connectivity index (χ1n) is 33.3. The van der Waals surface area contributed by atoms with Gasteiger partial charge in [-0.25, -0.2) is 4.79 Å². The standard InChI is InChI=1S/C67H122O12/c1-4-7-10-13-16-19-22-24-26-28-30-32-34-36-39-41-44-47-50-53-59(68)75-56-58(77-60(69)54-51-48-45-42-38-21-18-15-12-9-6-3)57-76-67-65(63(72)62(71)64(79-67)66(73)74)78-61(70)55-52-49-46-43-40-37-35-33-31-29-27-25-23-20-17-14-11-8-5-2/h16,19,24,26,58,62-65,67,71-72H,4-15,17-18,20-23,25,27-57H2,1-3H3,(H,73,74)/b19-16-,26-24-. The molecule has 0 spiro atoms. The summed E-state index contributed by atoms with van der Waals surface area (Å²) in [5.41, 5.74) is 0. The summed E-state index contributed by atoms with van der Waals surface area (Å²) in [5, 5.41) is 31.6. The van der Waals surface area contributed by atoms with E-state index in [4.69, 9.17) is 23.7 Å². The van der Waals surface area contributed by atoms with Crippen molar-refractivity contribution in [2.24, 2.45) is 0 Å². The second-order valence-corrected chi connectivity index (χ2v) is 23.1. The third-order valence-electron chi connectivity index (χ3n) is 15.5. The van der Waals surface area contributed by atoms with Crippen molar-refractivity contribution in [1.82, 2.24) is 0 Å². The van der Waals surface area contributed by atoms with Crippen LogP contribution in [0.1, 0.15) is 329 Å². The van der Waals surface area contributed by atoms with Gasteiger partial charge in [0, 0.05) is 19.3 Å². The van der Waals surface area contributed by atoms with Crippen molar-refractivity contribution in [3.05, 3.63) is 24.3 Å². The highest BCUT2D eigenvalue weighted by Crippen LogP contribution is 2.27. The Morgan fingerprint density at radius 2 is 0.759 bits per heavy atom. The van der Waals surface area contributed by atoms with E-state index >= 15 is 0 Å². The summed E-state index contributed by atoms with van der Waals surface area (Å²) in [6.45, 7) is 6.02. The van der Waals surface area contributed by atoms with E-state index in [1.165, 1.54) is 199 Å². The fraction of sp³-hybridized carbons (Fsp3) is 0.881. The Bertz CT molecular complexity index is 1470. The number of rotatable bonds is 58.